The summed E-state index contributed by atoms with van der Waals surface area (Å²) in [6.07, 6.45) is 0. The van der Waals surface area contributed by atoms with Gasteiger partial charge in [-0.15, -0.1) is 5.10 Å². The van der Waals surface area contributed by atoms with E-state index in [1.165, 1.54) is 13.8 Å². The van der Waals surface area contributed by atoms with Gasteiger partial charge in [0.2, 0.25) is 15.5 Å². The number of nitrogens with zero attached hydrogens (tertiary/aromatic N) is 2. The molecule has 0 bridgehead atoms. The zero-order valence-electron chi connectivity index (χ0n) is 8.46. The highest BCUT2D eigenvalue weighted by atomic mass is 32.2. The minimum atomic E-state index is -4.08. The molecule has 0 spiro atoms. The van der Waals surface area contributed by atoms with Gasteiger partial charge in [0, 0.05) is 0 Å². The Balaban J connectivity index is 3.27. The van der Waals surface area contributed by atoms with Crippen LogP contribution in [-0.4, -0.2) is 45.3 Å². The summed E-state index contributed by atoms with van der Waals surface area (Å²) in [6.45, 7) is 2.63. The lowest BCUT2D eigenvalue weighted by atomic mass is 10.3. The molecule has 0 aliphatic rings. The molecule has 0 saturated carbocycles. The zero-order valence-corrected chi connectivity index (χ0v) is 9.28. The summed E-state index contributed by atoms with van der Waals surface area (Å²) in [6, 6.07) is 0. The van der Waals surface area contributed by atoms with Gasteiger partial charge in [-0.2, -0.15) is 10.3 Å². The average molecular weight is 247 g/mol. The van der Waals surface area contributed by atoms with Crippen LogP contribution >= 0.6 is 0 Å². The molecule has 0 unspecified atom stereocenters. The molecule has 1 heterocycles. The lowest BCUT2D eigenvalue weighted by Crippen LogP contribution is -2.25. The first kappa shape index (κ1) is 12.3. The second-order valence-electron chi connectivity index (χ2n) is 3.21. The standard InChI is InChI=1S/C7H9N3O5S/c1-3(2)16(14,15)7(13)5-4(6(11)12)8-10-9-5/h3H,1-2H3,(H,11,12)(H,8,9,10). The smallest absolute Gasteiger partial charge is 0.358 e. The van der Waals surface area contributed by atoms with E-state index in [2.05, 4.69) is 10.2 Å². The van der Waals surface area contributed by atoms with Gasteiger partial charge in [0.15, 0.2) is 5.69 Å². The molecular formula is C7H9N3O5S. The predicted octanol–water partition coefficient (Wildman–Crippen LogP) is -0.534. The molecule has 16 heavy (non-hydrogen) atoms. The molecule has 1 aromatic rings. The van der Waals surface area contributed by atoms with Crippen molar-refractivity contribution in [2.45, 2.75) is 19.1 Å². The number of carbonyl (C=O) groups excluding carboxylic acids is 1. The van der Waals surface area contributed by atoms with E-state index in [-0.39, 0.29) is 0 Å². The summed E-state index contributed by atoms with van der Waals surface area (Å²) in [5.41, 5.74) is -1.39. The maximum Gasteiger partial charge on any atom is 0.358 e. The number of sulfone groups is 1. The van der Waals surface area contributed by atoms with E-state index >= 15 is 0 Å². The Bertz CT molecular complexity index is 530. The predicted molar refractivity (Wildman–Crippen MR) is 51.7 cm³/mol. The molecule has 1 aromatic heterocycles. The third-order valence-corrected chi connectivity index (χ3v) is 3.77. The van der Waals surface area contributed by atoms with Crippen molar-refractivity contribution in [3.8, 4) is 0 Å². The van der Waals surface area contributed by atoms with Crippen LogP contribution in [0.2, 0.25) is 0 Å². The summed E-state index contributed by atoms with van der Waals surface area (Å²) in [4.78, 5) is 22.1. The minimum absolute atomic E-state index is 0.693. The molecule has 2 N–H and O–H groups in total. The Labute approximate surface area is 90.6 Å². The zero-order chi connectivity index (χ0) is 12.5. The first-order valence-corrected chi connectivity index (χ1v) is 5.75. The number of H-pyrrole nitrogens is 1. The lowest BCUT2D eigenvalue weighted by molar-refractivity contribution is 0.0687. The SMILES string of the molecule is CC(C)S(=O)(=O)C(=O)c1n[nH]nc1C(=O)O. The molecule has 0 fully saturated rings. The highest BCUT2D eigenvalue weighted by molar-refractivity contribution is 8.07. The van der Waals surface area contributed by atoms with Crippen molar-refractivity contribution in [3.63, 3.8) is 0 Å². The summed E-state index contributed by atoms with van der Waals surface area (Å²) in [5, 5.41) is 14.7. The number of hydrogen-bond acceptors (Lipinski definition) is 6. The topological polar surface area (TPSA) is 130 Å². The summed E-state index contributed by atoms with van der Waals surface area (Å²) >= 11 is 0. The minimum Gasteiger partial charge on any atom is -0.476 e. The van der Waals surface area contributed by atoms with Gasteiger partial charge in [0.05, 0.1) is 5.25 Å². The number of aromatic nitrogens is 3. The van der Waals surface area contributed by atoms with E-state index in [0.29, 0.717) is 0 Å². The van der Waals surface area contributed by atoms with E-state index < -0.39 is 37.6 Å². The van der Waals surface area contributed by atoms with Gasteiger partial charge in [-0.05, 0) is 13.8 Å². The molecule has 0 amide bonds. The third kappa shape index (κ3) is 1.94. The van der Waals surface area contributed by atoms with Crippen LogP contribution in [0, 0.1) is 0 Å². The fraction of sp³-hybridized carbons (Fsp3) is 0.429. The van der Waals surface area contributed by atoms with E-state index in [1.54, 1.807) is 0 Å². The van der Waals surface area contributed by atoms with Crippen LogP contribution in [0.25, 0.3) is 0 Å². The first-order chi connectivity index (χ1) is 7.28. The molecule has 0 saturated heterocycles. The third-order valence-electron chi connectivity index (χ3n) is 1.82. The van der Waals surface area contributed by atoms with Gasteiger partial charge in [-0.3, -0.25) is 4.79 Å². The second kappa shape index (κ2) is 4.00. The fourth-order valence-electron chi connectivity index (χ4n) is 0.871. The molecule has 88 valence electrons. The molecule has 0 aliphatic heterocycles. The Morgan fingerprint density at radius 2 is 1.75 bits per heavy atom. The van der Waals surface area contributed by atoms with Gasteiger partial charge >= 0.3 is 5.97 Å². The summed E-state index contributed by atoms with van der Waals surface area (Å²) < 4.78 is 23.0. The highest BCUT2D eigenvalue weighted by Crippen LogP contribution is 2.11. The normalized spacial score (nSPS) is 11.7. The Hall–Kier alpha value is -1.77. The maximum absolute atomic E-state index is 11.5. The fourth-order valence-corrected chi connectivity index (χ4v) is 1.71. The Kier molecular flexibility index (Phi) is 3.08. The van der Waals surface area contributed by atoms with Gasteiger partial charge in [-0.25, -0.2) is 13.2 Å². The van der Waals surface area contributed by atoms with Crippen LogP contribution in [0.4, 0.5) is 0 Å². The van der Waals surface area contributed by atoms with Crippen LogP contribution in [-0.2, 0) is 9.84 Å². The highest BCUT2D eigenvalue weighted by Gasteiger charge is 2.33. The number of carboxylic acid groups (broad SMARTS) is 1. The van der Waals surface area contributed by atoms with Crippen molar-refractivity contribution in [2.75, 3.05) is 0 Å². The van der Waals surface area contributed by atoms with Crippen molar-refractivity contribution in [3.05, 3.63) is 11.4 Å². The van der Waals surface area contributed by atoms with Crippen LogP contribution in [0.15, 0.2) is 0 Å². The molecule has 0 aliphatic carbocycles. The van der Waals surface area contributed by atoms with Crippen molar-refractivity contribution >= 4 is 20.9 Å². The van der Waals surface area contributed by atoms with Crippen molar-refractivity contribution in [1.82, 2.24) is 15.4 Å². The second-order valence-corrected chi connectivity index (χ2v) is 5.61. The number of aromatic carboxylic acids is 1. The van der Waals surface area contributed by atoms with Gasteiger partial charge in [0.1, 0.15) is 0 Å². The lowest BCUT2D eigenvalue weighted by Gasteiger charge is -2.03. The average Bonchev–Trinajstić information content (AvgIpc) is 2.64. The Morgan fingerprint density at radius 1 is 1.25 bits per heavy atom. The number of carbonyl (C=O) groups is 2. The van der Waals surface area contributed by atoms with Crippen molar-refractivity contribution in [1.29, 1.82) is 0 Å². The van der Waals surface area contributed by atoms with E-state index in [4.69, 9.17) is 5.11 Å². The van der Waals surface area contributed by atoms with Crippen molar-refractivity contribution < 1.29 is 23.1 Å². The molecule has 9 heteroatoms. The molecular weight excluding hydrogens is 238 g/mol. The van der Waals surface area contributed by atoms with E-state index in [1.807, 2.05) is 5.21 Å². The molecule has 0 aromatic carbocycles. The van der Waals surface area contributed by atoms with E-state index in [0.717, 1.165) is 0 Å². The van der Waals surface area contributed by atoms with Gasteiger partial charge < -0.3 is 5.11 Å². The molecule has 1 rings (SSSR count). The number of carboxylic acids is 1. The van der Waals surface area contributed by atoms with Gasteiger partial charge in [-0.1, -0.05) is 0 Å². The number of hydrogen-bond donors (Lipinski definition) is 2. The van der Waals surface area contributed by atoms with E-state index in [9.17, 15) is 18.0 Å². The Morgan fingerprint density at radius 3 is 2.19 bits per heavy atom. The molecule has 0 radical (unpaired) electrons. The van der Waals surface area contributed by atoms with Crippen LogP contribution in [0.3, 0.4) is 0 Å². The maximum atomic E-state index is 11.5. The van der Waals surface area contributed by atoms with Gasteiger partial charge in [0.25, 0.3) is 5.12 Å². The largest absolute Gasteiger partial charge is 0.476 e. The molecule has 8 nitrogen and oxygen atoms in total. The monoisotopic (exact) mass is 247 g/mol. The number of rotatable bonds is 3. The first-order valence-electron chi connectivity index (χ1n) is 4.20. The van der Waals surface area contributed by atoms with Crippen LogP contribution < -0.4 is 0 Å². The van der Waals surface area contributed by atoms with Crippen LogP contribution in [0.1, 0.15) is 34.8 Å². The summed E-state index contributed by atoms with van der Waals surface area (Å²) in [7, 11) is -4.08. The number of aromatic amines is 1. The number of nitrogens with one attached hydrogen (secondary N) is 1. The van der Waals surface area contributed by atoms with Crippen molar-refractivity contribution in [2.24, 2.45) is 0 Å². The quantitative estimate of drug-likeness (QED) is 0.733. The molecule has 0 atom stereocenters. The summed E-state index contributed by atoms with van der Waals surface area (Å²) in [5.74, 6) is -1.52. The van der Waals surface area contributed by atoms with Crippen LogP contribution in [0.5, 0.6) is 0 Å².